The van der Waals surface area contributed by atoms with Gasteiger partial charge in [-0.1, -0.05) is 0 Å². The number of rotatable bonds is 5. The number of aliphatic hydroxyl groups is 1. The average Bonchev–Trinajstić information content (AvgIpc) is 2.28. The Balaban J connectivity index is 2.61. The molecule has 0 aliphatic carbocycles. The highest BCUT2D eigenvalue weighted by Gasteiger charge is 2.23. The zero-order chi connectivity index (χ0) is 12.8. The second kappa shape index (κ2) is 6.68. The molecule has 0 saturated carbocycles. The lowest BCUT2D eigenvalue weighted by Gasteiger charge is -2.18. The van der Waals surface area contributed by atoms with Crippen molar-refractivity contribution in [1.82, 2.24) is 10.3 Å². The van der Waals surface area contributed by atoms with Gasteiger partial charge in [-0.25, -0.2) is 0 Å². The first-order valence-electron chi connectivity index (χ1n) is 5.13. The van der Waals surface area contributed by atoms with E-state index < -0.39 is 18.1 Å². The molecule has 1 aromatic heterocycles. The second-order valence-corrected chi connectivity index (χ2v) is 4.55. The molecule has 1 heterocycles. The number of aromatic nitrogens is 1. The average molecular weight is 303 g/mol. The monoisotopic (exact) mass is 302 g/mol. The summed E-state index contributed by atoms with van der Waals surface area (Å²) < 4.78 is 5.46. The Hall–Kier alpha value is -0.980. The van der Waals surface area contributed by atoms with E-state index in [4.69, 9.17) is 0 Å². The molecule has 2 N–H and O–H groups in total. The van der Waals surface area contributed by atoms with E-state index in [1.165, 1.54) is 14.0 Å². The predicted molar refractivity (Wildman–Crippen MR) is 66.3 cm³/mol. The number of pyridine rings is 1. The van der Waals surface area contributed by atoms with Crippen LogP contribution in [0.15, 0.2) is 22.9 Å². The van der Waals surface area contributed by atoms with Crippen LogP contribution < -0.4 is 5.32 Å². The van der Waals surface area contributed by atoms with Gasteiger partial charge in [-0.2, -0.15) is 0 Å². The van der Waals surface area contributed by atoms with Crippen LogP contribution in [0.4, 0.5) is 0 Å². The van der Waals surface area contributed by atoms with E-state index in [1.807, 2.05) is 6.07 Å². The Bertz CT molecular complexity index is 385. The van der Waals surface area contributed by atoms with Crippen molar-refractivity contribution < 1.29 is 14.6 Å². The van der Waals surface area contributed by atoms with Gasteiger partial charge in [0, 0.05) is 23.4 Å². The number of methoxy groups -OCH3 is 1. The normalized spacial score (nSPS) is 14.1. The summed E-state index contributed by atoms with van der Waals surface area (Å²) in [5.41, 5.74) is 0.911. The van der Waals surface area contributed by atoms with Gasteiger partial charge < -0.3 is 9.84 Å². The number of hydrogen-bond donors (Lipinski definition) is 2. The number of esters is 1. The minimum atomic E-state index is -0.817. The number of nitrogens with zero attached hydrogens (tertiary/aromatic N) is 1. The van der Waals surface area contributed by atoms with E-state index in [-0.39, 0.29) is 0 Å². The van der Waals surface area contributed by atoms with Crippen molar-refractivity contribution in [2.45, 2.75) is 25.6 Å². The number of halogens is 1. The van der Waals surface area contributed by atoms with Crippen LogP contribution in [0, 0.1) is 0 Å². The Morgan fingerprint density at radius 1 is 1.65 bits per heavy atom. The highest BCUT2D eigenvalue weighted by Crippen LogP contribution is 2.09. The van der Waals surface area contributed by atoms with E-state index in [2.05, 4.69) is 31.0 Å². The summed E-state index contributed by atoms with van der Waals surface area (Å²) in [6.45, 7) is 1.96. The van der Waals surface area contributed by atoms with E-state index >= 15 is 0 Å². The van der Waals surface area contributed by atoms with Gasteiger partial charge in [-0.05, 0) is 34.5 Å². The van der Waals surface area contributed by atoms with Crippen LogP contribution in [0.5, 0.6) is 0 Å². The fraction of sp³-hybridized carbons (Fsp3) is 0.455. The molecule has 94 valence electrons. The molecule has 0 unspecified atom stereocenters. The molecule has 0 saturated heterocycles. The fourth-order valence-corrected chi connectivity index (χ4v) is 1.77. The van der Waals surface area contributed by atoms with Crippen molar-refractivity contribution in [2.75, 3.05) is 7.11 Å². The predicted octanol–water partition coefficient (Wildman–Crippen LogP) is 0.856. The number of hydrogen-bond acceptors (Lipinski definition) is 5. The molecule has 1 rings (SSSR count). The first-order valence-corrected chi connectivity index (χ1v) is 5.92. The summed E-state index contributed by atoms with van der Waals surface area (Å²) in [6.07, 6.45) is 2.55. The van der Waals surface area contributed by atoms with Crippen molar-refractivity contribution in [3.63, 3.8) is 0 Å². The quantitative estimate of drug-likeness (QED) is 0.789. The molecular formula is C11H15BrN2O3. The summed E-state index contributed by atoms with van der Waals surface area (Å²) in [4.78, 5) is 15.4. The van der Waals surface area contributed by atoms with E-state index in [0.717, 1.165) is 10.0 Å². The Labute approximate surface area is 108 Å². The third kappa shape index (κ3) is 4.41. The number of carbonyl (C=O) groups excluding carboxylic acids is 1. The smallest absolute Gasteiger partial charge is 0.325 e. The number of nitrogens with one attached hydrogen (secondary N) is 1. The Morgan fingerprint density at radius 2 is 2.35 bits per heavy atom. The largest absolute Gasteiger partial charge is 0.468 e. The SMILES string of the molecule is COC(=O)[C@@H](NCc1cncc(Br)c1)[C@@H](C)O. The van der Waals surface area contributed by atoms with Crippen LogP contribution in [-0.4, -0.2) is 35.3 Å². The summed E-state index contributed by atoms with van der Waals surface area (Å²) in [6, 6.07) is 1.15. The first kappa shape index (κ1) is 14.1. The lowest BCUT2D eigenvalue weighted by molar-refractivity contribution is -0.145. The lowest BCUT2D eigenvalue weighted by atomic mass is 10.1. The molecular weight excluding hydrogens is 288 g/mol. The summed E-state index contributed by atoms with van der Waals surface area (Å²) in [5, 5.41) is 12.4. The molecule has 0 amide bonds. The maximum Gasteiger partial charge on any atom is 0.325 e. The highest BCUT2D eigenvalue weighted by molar-refractivity contribution is 9.10. The summed E-state index contributed by atoms with van der Waals surface area (Å²) in [7, 11) is 1.29. The molecule has 6 heteroatoms. The van der Waals surface area contributed by atoms with Gasteiger partial charge in [0.15, 0.2) is 0 Å². The number of carbonyl (C=O) groups is 1. The highest BCUT2D eigenvalue weighted by atomic mass is 79.9. The number of ether oxygens (including phenoxy) is 1. The first-order chi connectivity index (χ1) is 8.04. The van der Waals surface area contributed by atoms with Gasteiger partial charge >= 0.3 is 5.97 Å². The molecule has 0 spiro atoms. The van der Waals surface area contributed by atoms with E-state index in [0.29, 0.717) is 6.54 Å². The molecule has 0 aliphatic rings. The van der Waals surface area contributed by atoms with E-state index in [1.54, 1.807) is 12.4 Å². The van der Waals surface area contributed by atoms with Gasteiger partial charge in [0.2, 0.25) is 0 Å². The van der Waals surface area contributed by atoms with Crippen LogP contribution in [0.2, 0.25) is 0 Å². The molecule has 0 aromatic carbocycles. The molecule has 0 aliphatic heterocycles. The van der Waals surface area contributed by atoms with Crippen LogP contribution in [0.25, 0.3) is 0 Å². The van der Waals surface area contributed by atoms with Crippen molar-refractivity contribution >= 4 is 21.9 Å². The van der Waals surface area contributed by atoms with Crippen molar-refractivity contribution in [3.8, 4) is 0 Å². The second-order valence-electron chi connectivity index (χ2n) is 3.63. The molecule has 0 bridgehead atoms. The summed E-state index contributed by atoms with van der Waals surface area (Å²) >= 11 is 3.31. The van der Waals surface area contributed by atoms with Gasteiger partial charge in [0.1, 0.15) is 6.04 Å². The zero-order valence-corrected chi connectivity index (χ0v) is 11.3. The van der Waals surface area contributed by atoms with Gasteiger partial charge in [-0.15, -0.1) is 0 Å². The molecule has 2 atom stereocenters. The van der Waals surface area contributed by atoms with Gasteiger partial charge in [-0.3, -0.25) is 15.1 Å². The van der Waals surface area contributed by atoms with Crippen molar-refractivity contribution in [2.24, 2.45) is 0 Å². The maximum absolute atomic E-state index is 11.4. The summed E-state index contributed by atoms with van der Waals surface area (Å²) in [5.74, 6) is -0.483. The molecule has 1 aromatic rings. The van der Waals surface area contributed by atoms with Gasteiger partial charge in [0.05, 0.1) is 13.2 Å². The third-order valence-electron chi connectivity index (χ3n) is 2.23. The molecule has 5 nitrogen and oxygen atoms in total. The molecule has 0 fully saturated rings. The Morgan fingerprint density at radius 3 is 2.88 bits per heavy atom. The van der Waals surface area contributed by atoms with Crippen LogP contribution in [-0.2, 0) is 16.1 Å². The molecule has 17 heavy (non-hydrogen) atoms. The van der Waals surface area contributed by atoms with Crippen LogP contribution >= 0.6 is 15.9 Å². The maximum atomic E-state index is 11.4. The number of aliphatic hydroxyl groups excluding tert-OH is 1. The topological polar surface area (TPSA) is 71.5 Å². The standard InChI is InChI=1S/C11H15BrN2O3/c1-7(15)10(11(16)17-2)14-5-8-3-9(12)6-13-4-8/h3-4,6-7,10,14-15H,5H2,1-2H3/t7-,10+/m1/s1. The zero-order valence-electron chi connectivity index (χ0n) is 9.68. The van der Waals surface area contributed by atoms with E-state index in [9.17, 15) is 9.90 Å². The minimum Gasteiger partial charge on any atom is -0.468 e. The Kier molecular flexibility index (Phi) is 5.54. The van der Waals surface area contributed by atoms with Gasteiger partial charge in [0.25, 0.3) is 0 Å². The fourth-order valence-electron chi connectivity index (χ4n) is 1.36. The van der Waals surface area contributed by atoms with Crippen LogP contribution in [0.1, 0.15) is 12.5 Å². The van der Waals surface area contributed by atoms with Crippen molar-refractivity contribution in [3.05, 3.63) is 28.5 Å². The third-order valence-corrected chi connectivity index (χ3v) is 2.66. The molecule has 0 radical (unpaired) electrons. The lowest BCUT2D eigenvalue weighted by Crippen LogP contribution is -2.45. The van der Waals surface area contributed by atoms with Crippen molar-refractivity contribution in [1.29, 1.82) is 0 Å². The van der Waals surface area contributed by atoms with Crippen LogP contribution in [0.3, 0.4) is 0 Å². The minimum absolute atomic E-state index is 0.428.